The number of halogens is 2. The minimum Gasteiger partial charge on any atom is -0.398 e. The highest BCUT2D eigenvalue weighted by molar-refractivity contribution is 9.10. The van der Waals surface area contributed by atoms with Crippen molar-refractivity contribution in [3.8, 4) is 0 Å². The fourth-order valence-electron chi connectivity index (χ4n) is 1.46. The molecule has 0 aliphatic rings. The van der Waals surface area contributed by atoms with Gasteiger partial charge in [-0.2, -0.15) is 0 Å². The zero-order valence-corrected chi connectivity index (χ0v) is 12.1. The van der Waals surface area contributed by atoms with Gasteiger partial charge in [0, 0.05) is 15.8 Å². The summed E-state index contributed by atoms with van der Waals surface area (Å²) < 4.78 is 0.890. The van der Waals surface area contributed by atoms with Crippen molar-refractivity contribution >= 4 is 50.6 Å². The number of carbonyl (C=O) groups is 1. The molecule has 0 atom stereocenters. The molecule has 0 heterocycles. The topological polar surface area (TPSA) is 67.1 Å². The van der Waals surface area contributed by atoms with Crippen LogP contribution in [-0.4, -0.2) is 6.03 Å². The lowest BCUT2D eigenvalue weighted by atomic mass is 10.3. The molecule has 2 amide bonds. The van der Waals surface area contributed by atoms with Crippen LogP contribution in [0.3, 0.4) is 0 Å². The molecule has 98 valence electrons. The van der Waals surface area contributed by atoms with Crippen LogP contribution in [0.15, 0.2) is 46.9 Å². The summed E-state index contributed by atoms with van der Waals surface area (Å²) in [7, 11) is 0. The number of benzene rings is 2. The van der Waals surface area contributed by atoms with Gasteiger partial charge in [-0.25, -0.2) is 4.79 Å². The molecule has 4 N–H and O–H groups in total. The summed E-state index contributed by atoms with van der Waals surface area (Å²) in [5.74, 6) is 0. The van der Waals surface area contributed by atoms with Gasteiger partial charge in [-0.15, -0.1) is 0 Å². The second kappa shape index (κ2) is 5.95. The van der Waals surface area contributed by atoms with Crippen LogP contribution < -0.4 is 16.4 Å². The number of hydrogen-bond acceptors (Lipinski definition) is 2. The van der Waals surface area contributed by atoms with Gasteiger partial charge in [0.15, 0.2) is 0 Å². The Hall–Kier alpha value is -1.72. The molecule has 0 saturated carbocycles. The quantitative estimate of drug-likeness (QED) is 0.712. The van der Waals surface area contributed by atoms with Crippen LogP contribution in [-0.2, 0) is 0 Å². The van der Waals surface area contributed by atoms with Crippen molar-refractivity contribution in [1.82, 2.24) is 0 Å². The van der Waals surface area contributed by atoms with Crippen molar-refractivity contribution in [1.29, 1.82) is 0 Å². The summed E-state index contributed by atoms with van der Waals surface area (Å²) in [5.41, 5.74) is 7.33. The van der Waals surface area contributed by atoms with Crippen molar-refractivity contribution in [2.75, 3.05) is 16.4 Å². The van der Waals surface area contributed by atoms with Gasteiger partial charge in [0.05, 0.1) is 10.7 Å². The molecule has 0 fully saturated rings. The summed E-state index contributed by atoms with van der Waals surface area (Å²) >= 11 is 9.21. The lowest BCUT2D eigenvalue weighted by molar-refractivity contribution is 0.262. The lowest BCUT2D eigenvalue weighted by Crippen LogP contribution is -2.19. The van der Waals surface area contributed by atoms with E-state index in [4.69, 9.17) is 17.3 Å². The molecule has 0 saturated heterocycles. The molecule has 0 radical (unpaired) electrons. The summed E-state index contributed by atoms with van der Waals surface area (Å²) in [6.45, 7) is 0. The maximum absolute atomic E-state index is 11.8. The fourth-order valence-corrected chi connectivity index (χ4v) is 2.04. The van der Waals surface area contributed by atoms with Crippen LogP contribution in [0.5, 0.6) is 0 Å². The second-order valence-electron chi connectivity index (χ2n) is 3.83. The number of nitrogens with two attached hydrogens (primary N) is 1. The Balaban J connectivity index is 2.03. The molecule has 2 rings (SSSR count). The second-order valence-corrected chi connectivity index (χ2v) is 5.15. The van der Waals surface area contributed by atoms with Gasteiger partial charge in [-0.3, -0.25) is 0 Å². The van der Waals surface area contributed by atoms with Crippen LogP contribution in [0.25, 0.3) is 0 Å². The molecule has 2 aromatic rings. The van der Waals surface area contributed by atoms with Crippen LogP contribution in [0.2, 0.25) is 5.02 Å². The van der Waals surface area contributed by atoms with E-state index in [1.165, 1.54) is 0 Å². The summed E-state index contributed by atoms with van der Waals surface area (Å²) in [5, 5.41) is 5.79. The average Bonchev–Trinajstić information content (AvgIpc) is 2.34. The normalized spacial score (nSPS) is 10.0. The van der Waals surface area contributed by atoms with Crippen LogP contribution >= 0.6 is 27.5 Å². The van der Waals surface area contributed by atoms with Gasteiger partial charge in [0.2, 0.25) is 0 Å². The molecular formula is C13H11BrClN3O. The Morgan fingerprint density at radius 2 is 1.79 bits per heavy atom. The maximum Gasteiger partial charge on any atom is 0.323 e. The van der Waals surface area contributed by atoms with E-state index < -0.39 is 0 Å². The zero-order chi connectivity index (χ0) is 13.8. The number of rotatable bonds is 2. The number of carbonyl (C=O) groups excluding carboxylic acids is 1. The molecular weight excluding hydrogens is 330 g/mol. The third kappa shape index (κ3) is 3.87. The summed E-state index contributed by atoms with van der Waals surface area (Å²) in [6.07, 6.45) is 0. The number of nitrogen functional groups attached to an aromatic ring is 1. The lowest BCUT2D eigenvalue weighted by Gasteiger charge is -2.08. The number of urea groups is 1. The SMILES string of the molecule is Nc1ccc(NC(=O)Nc2cccc(Br)c2)cc1Cl. The van der Waals surface area contributed by atoms with Gasteiger partial charge in [-0.1, -0.05) is 33.6 Å². The standard InChI is InChI=1S/C13H11BrClN3O/c14-8-2-1-3-9(6-8)17-13(19)18-10-4-5-12(16)11(15)7-10/h1-7H,16H2,(H2,17,18,19). The number of anilines is 3. The number of hydrogen-bond donors (Lipinski definition) is 3. The molecule has 0 aliphatic heterocycles. The first-order chi connectivity index (χ1) is 9.04. The number of nitrogens with one attached hydrogen (secondary N) is 2. The highest BCUT2D eigenvalue weighted by atomic mass is 79.9. The Labute approximate surface area is 124 Å². The molecule has 4 nitrogen and oxygen atoms in total. The number of amides is 2. The molecule has 19 heavy (non-hydrogen) atoms. The maximum atomic E-state index is 11.8. The largest absolute Gasteiger partial charge is 0.398 e. The Kier molecular flexibility index (Phi) is 4.29. The summed E-state index contributed by atoms with van der Waals surface area (Å²) in [6, 6.07) is 11.9. The first kappa shape index (κ1) is 13.7. The predicted octanol–water partition coefficient (Wildman–Crippen LogP) is 4.33. The molecule has 0 aromatic heterocycles. The molecule has 0 aliphatic carbocycles. The van der Waals surface area contributed by atoms with E-state index in [1.54, 1.807) is 30.3 Å². The van der Waals surface area contributed by atoms with E-state index >= 15 is 0 Å². The first-order valence-corrected chi connectivity index (χ1v) is 6.60. The van der Waals surface area contributed by atoms with E-state index in [0.29, 0.717) is 22.1 Å². The van der Waals surface area contributed by atoms with Gasteiger partial charge in [-0.05, 0) is 36.4 Å². The molecule has 6 heteroatoms. The minimum absolute atomic E-state index is 0.348. The van der Waals surface area contributed by atoms with Gasteiger partial charge in [0.1, 0.15) is 0 Å². The predicted molar refractivity (Wildman–Crippen MR) is 82.6 cm³/mol. The van der Waals surface area contributed by atoms with Crippen molar-refractivity contribution in [3.05, 3.63) is 52.0 Å². The van der Waals surface area contributed by atoms with Crippen molar-refractivity contribution in [3.63, 3.8) is 0 Å². The Morgan fingerprint density at radius 1 is 1.11 bits per heavy atom. The third-order valence-corrected chi connectivity index (χ3v) is 3.16. The van der Waals surface area contributed by atoms with E-state index in [-0.39, 0.29) is 6.03 Å². The van der Waals surface area contributed by atoms with E-state index in [9.17, 15) is 4.79 Å². The van der Waals surface area contributed by atoms with Gasteiger partial charge in [0.25, 0.3) is 0 Å². The molecule has 2 aromatic carbocycles. The highest BCUT2D eigenvalue weighted by Crippen LogP contribution is 2.23. The van der Waals surface area contributed by atoms with Gasteiger partial charge >= 0.3 is 6.03 Å². The molecule has 0 unspecified atom stereocenters. The Morgan fingerprint density at radius 3 is 2.42 bits per heavy atom. The van der Waals surface area contributed by atoms with Gasteiger partial charge < -0.3 is 16.4 Å². The minimum atomic E-state index is -0.348. The smallest absolute Gasteiger partial charge is 0.323 e. The zero-order valence-electron chi connectivity index (χ0n) is 9.78. The molecule has 0 spiro atoms. The van der Waals surface area contributed by atoms with Crippen molar-refractivity contribution in [2.45, 2.75) is 0 Å². The third-order valence-electron chi connectivity index (χ3n) is 2.34. The van der Waals surface area contributed by atoms with Crippen LogP contribution in [0, 0.1) is 0 Å². The summed E-state index contributed by atoms with van der Waals surface area (Å²) in [4.78, 5) is 11.8. The van der Waals surface area contributed by atoms with E-state index in [1.807, 2.05) is 12.1 Å². The van der Waals surface area contributed by atoms with Crippen LogP contribution in [0.1, 0.15) is 0 Å². The van der Waals surface area contributed by atoms with E-state index in [2.05, 4.69) is 26.6 Å². The first-order valence-electron chi connectivity index (χ1n) is 5.43. The van der Waals surface area contributed by atoms with E-state index in [0.717, 1.165) is 4.47 Å². The fraction of sp³-hybridized carbons (Fsp3) is 0. The molecule has 0 bridgehead atoms. The van der Waals surface area contributed by atoms with Crippen molar-refractivity contribution < 1.29 is 4.79 Å². The monoisotopic (exact) mass is 339 g/mol. The van der Waals surface area contributed by atoms with Crippen LogP contribution in [0.4, 0.5) is 21.9 Å². The highest BCUT2D eigenvalue weighted by Gasteiger charge is 2.04. The Bertz CT molecular complexity index is 619. The average molecular weight is 341 g/mol. The van der Waals surface area contributed by atoms with Crippen molar-refractivity contribution in [2.24, 2.45) is 0 Å².